The Balaban J connectivity index is 1.89. The number of rotatable bonds is 7. The Labute approximate surface area is 129 Å². The van der Waals surface area contributed by atoms with Gasteiger partial charge in [0.2, 0.25) is 5.91 Å². The fourth-order valence-electron chi connectivity index (χ4n) is 1.93. The Morgan fingerprint density at radius 1 is 1.14 bits per heavy atom. The molecule has 0 unspecified atom stereocenters. The zero-order valence-electron chi connectivity index (χ0n) is 12.6. The van der Waals surface area contributed by atoms with E-state index in [1.54, 1.807) is 44.8 Å². The van der Waals surface area contributed by atoms with Gasteiger partial charge in [0.25, 0.3) is 0 Å². The van der Waals surface area contributed by atoms with Crippen molar-refractivity contribution >= 4 is 11.6 Å². The second kappa shape index (κ2) is 7.99. The highest BCUT2D eigenvalue weighted by molar-refractivity contribution is 5.93. The topological polar surface area (TPSA) is 72.5 Å². The lowest BCUT2D eigenvalue weighted by Gasteiger charge is -2.12. The molecule has 0 fully saturated rings. The van der Waals surface area contributed by atoms with Crippen molar-refractivity contribution in [3.63, 3.8) is 0 Å². The number of ether oxygens (including phenoxy) is 2. The summed E-state index contributed by atoms with van der Waals surface area (Å²) in [6.07, 6.45) is 3.44. The summed E-state index contributed by atoms with van der Waals surface area (Å²) in [7, 11) is 3.13. The number of nitrogens with zero attached hydrogens (tertiary/aromatic N) is 1. The number of hydrogen-bond acceptors (Lipinski definition) is 5. The average Bonchev–Trinajstić information content (AvgIpc) is 2.55. The van der Waals surface area contributed by atoms with Crippen molar-refractivity contribution < 1.29 is 14.3 Å². The average molecular weight is 301 g/mol. The molecule has 2 N–H and O–H groups in total. The first-order chi connectivity index (χ1) is 10.7. The summed E-state index contributed by atoms with van der Waals surface area (Å²) < 4.78 is 10.4. The molecule has 6 nitrogen and oxygen atoms in total. The van der Waals surface area contributed by atoms with Crippen LogP contribution >= 0.6 is 0 Å². The molecule has 0 saturated carbocycles. The number of aromatic nitrogens is 1. The van der Waals surface area contributed by atoms with Gasteiger partial charge >= 0.3 is 0 Å². The third-order valence-corrected chi connectivity index (χ3v) is 3.04. The third-order valence-electron chi connectivity index (χ3n) is 3.04. The van der Waals surface area contributed by atoms with Crippen LogP contribution in [0.1, 0.15) is 5.56 Å². The van der Waals surface area contributed by atoms with Gasteiger partial charge in [0, 0.05) is 25.0 Å². The van der Waals surface area contributed by atoms with Gasteiger partial charge in [0.15, 0.2) is 0 Å². The molecule has 0 saturated heterocycles. The van der Waals surface area contributed by atoms with E-state index in [-0.39, 0.29) is 12.5 Å². The molecule has 0 radical (unpaired) electrons. The van der Waals surface area contributed by atoms with Crippen molar-refractivity contribution in [1.82, 2.24) is 10.3 Å². The van der Waals surface area contributed by atoms with Gasteiger partial charge in [-0.15, -0.1) is 0 Å². The number of amides is 1. The Hall–Kier alpha value is -2.60. The van der Waals surface area contributed by atoms with Crippen LogP contribution in [0.5, 0.6) is 11.5 Å². The highest BCUT2D eigenvalue weighted by atomic mass is 16.5. The summed E-state index contributed by atoms with van der Waals surface area (Å²) in [6, 6.07) is 9.04. The molecular formula is C16H19N3O3. The molecule has 0 bridgehead atoms. The van der Waals surface area contributed by atoms with Gasteiger partial charge in [-0.25, -0.2) is 0 Å². The summed E-state index contributed by atoms with van der Waals surface area (Å²) in [5, 5.41) is 5.88. The number of hydrogen-bond donors (Lipinski definition) is 2. The first-order valence-corrected chi connectivity index (χ1v) is 6.84. The van der Waals surface area contributed by atoms with Crippen LogP contribution in [0.3, 0.4) is 0 Å². The predicted octanol–water partition coefficient (Wildman–Crippen LogP) is 1.83. The highest BCUT2D eigenvalue weighted by Gasteiger charge is 2.08. The van der Waals surface area contributed by atoms with E-state index in [4.69, 9.17) is 9.47 Å². The van der Waals surface area contributed by atoms with E-state index in [1.165, 1.54) is 0 Å². The van der Waals surface area contributed by atoms with Crippen LogP contribution in [0.4, 0.5) is 5.69 Å². The molecule has 0 atom stereocenters. The normalized spacial score (nSPS) is 10.1. The quantitative estimate of drug-likeness (QED) is 0.816. The first kappa shape index (κ1) is 15.8. The van der Waals surface area contributed by atoms with Gasteiger partial charge in [-0.05, 0) is 29.8 Å². The maximum Gasteiger partial charge on any atom is 0.238 e. The van der Waals surface area contributed by atoms with Crippen molar-refractivity contribution in [3.05, 3.63) is 48.3 Å². The van der Waals surface area contributed by atoms with Crippen LogP contribution in [0.25, 0.3) is 0 Å². The maximum absolute atomic E-state index is 12.0. The van der Waals surface area contributed by atoms with Crippen molar-refractivity contribution in [1.29, 1.82) is 0 Å². The predicted molar refractivity (Wildman–Crippen MR) is 84.1 cm³/mol. The van der Waals surface area contributed by atoms with Crippen molar-refractivity contribution in [3.8, 4) is 11.5 Å². The number of carbonyl (C=O) groups is 1. The number of carbonyl (C=O) groups excluding carboxylic acids is 1. The Bertz CT molecular complexity index is 617. The van der Waals surface area contributed by atoms with Gasteiger partial charge in [-0.2, -0.15) is 0 Å². The van der Waals surface area contributed by atoms with Crippen molar-refractivity contribution in [2.45, 2.75) is 6.54 Å². The van der Waals surface area contributed by atoms with Crippen LogP contribution in [0.2, 0.25) is 0 Å². The zero-order valence-corrected chi connectivity index (χ0v) is 12.6. The molecule has 1 amide bonds. The van der Waals surface area contributed by atoms with Crippen molar-refractivity contribution in [2.24, 2.45) is 0 Å². The fraction of sp³-hybridized carbons (Fsp3) is 0.250. The molecule has 22 heavy (non-hydrogen) atoms. The van der Waals surface area contributed by atoms with Gasteiger partial charge in [-0.1, -0.05) is 0 Å². The summed E-state index contributed by atoms with van der Waals surface area (Å²) in [6.45, 7) is 0.799. The van der Waals surface area contributed by atoms with Crippen LogP contribution < -0.4 is 20.1 Å². The molecule has 116 valence electrons. The Kier molecular flexibility index (Phi) is 5.73. The first-order valence-electron chi connectivity index (χ1n) is 6.84. The van der Waals surface area contributed by atoms with Gasteiger partial charge < -0.3 is 20.1 Å². The van der Waals surface area contributed by atoms with E-state index in [0.717, 1.165) is 5.56 Å². The lowest BCUT2D eigenvalue weighted by atomic mass is 10.2. The molecule has 1 aromatic heterocycles. The molecule has 2 rings (SSSR count). The van der Waals surface area contributed by atoms with E-state index < -0.39 is 0 Å². The largest absolute Gasteiger partial charge is 0.497 e. The molecule has 0 spiro atoms. The monoisotopic (exact) mass is 301 g/mol. The SMILES string of the molecule is COc1ccc(OC)c(NC(=O)CNCc2ccncc2)c1. The second-order valence-electron chi connectivity index (χ2n) is 4.57. The van der Waals surface area contributed by atoms with E-state index in [1.807, 2.05) is 12.1 Å². The zero-order chi connectivity index (χ0) is 15.8. The fourth-order valence-corrected chi connectivity index (χ4v) is 1.93. The number of anilines is 1. The molecule has 1 aromatic carbocycles. The molecule has 0 aliphatic carbocycles. The molecule has 0 aliphatic heterocycles. The van der Waals surface area contributed by atoms with Crippen LogP contribution in [0, 0.1) is 0 Å². The number of nitrogens with one attached hydrogen (secondary N) is 2. The third kappa shape index (κ3) is 4.46. The maximum atomic E-state index is 12.0. The Morgan fingerprint density at radius 2 is 1.91 bits per heavy atom. The lowest BCUT2D eigenvalue weighted by molar-refractivity contribution is -0.115. The van der Waals surface area contributed by atoms with E-state index in [0.29, 0.717) is 23.7 Å². The molecule has 0 aliphatic rings. The Morgan fingerprint density at radius 3 is 2.59 bits per heavy atom. The number of benzene rings is 1. The van der Waals surface area contributed by atoms with Gasteiger partial charge in [-0.3, -0.25) is 9.78 Å². The van der Waals surface area contributed by atoms with Gasteiger partial charge in [0.1, 0.15) is 11.5 Å². The number of pyridine rings is 1. The summed E-state index contributed by atoms with van der Waals surface area (Å²) in [5.41, 5.74) is 1.65. The van der Waals surface area contributed by atoms with E-state index in [9.17, 15) is 4.79 Å². The summed E-state index contributed by atoms with van der Waals surface area (Å²) in [5.74, 6) is 1.09. The van der Waals surface area contributed by atoms with E-state index in [2.05, 4.69) is 15.6 Å². The lowest BCUT2D eigenvalue weighted by Crippen LogP contribution is -2.27. The number of methoxy groups -OCH3 is 2. The minimum Gasteiger partial charge on any atom is -0.497 e. The van der Waals surface area contributed by atoms with E-state index >= 15 is 0 Å². The summed E-state index contributed by atoms with van der Waals surface area (Å²) in [4.78, 5) is 15.9. The molecule has 1 heterocycles. The summed E-state index contributed by atoms with van der Waals surface area (Å²) >= 11 is 0. The van der Waals surface area contributed by atoms with Crippen LogP contribution in [-0.2, 0) is 11.3 Å². The molecular weight excluding hydrogens is 282 g/mol. The molecule has 2 aromatic rings. The standard InChI is InChI=1S/C16H19N3O3/c1-21-13-3-4-15(22-2)14(9-13)19-16(20)11-18-10-12-5-7-17-8-6-12/h3-9,18H,10-11H2,1-2H3,(H,19,20). The minimum atomic E-state index is -0.152. The minimum absolute atomic E-state index is 0.152. The van der Waals surface area contributed by atoms with Gasteiger partial charge in [0.05, 0.1) is 26.5 Å². The van der Waals surface area contributed by atoms with Crippen LogP contribution in [0.15, 0.2) is 42.7 Å². The molecule has 6 heteroatoms. The highest BCUT2D eigenvalue weighted by Crippen LogP contribution is 2.28. The second-order valence-corrected chi connectivity index (χ2v) is 4.57. The smallest absolute Gasteiger partial charge is 0.238 e. The van der Waals surface area contributed by atoms with Crippen molar-refractivity contribution in [2.75, 3.05) is 26.1 Å². The van der Waals surface area contributed by atoms with Crippen LogP contribution in [-0.4, -0.2) is 31.7 Å².